The number of benzene rings is 3. The Morgan fingerprint density at radius 2 is 1.66 bits per heavy atom. The van der Waals surface area contributed by atoms with Gasteiger partial charge in [-0.15, -0.1) is 0 Å². The van der Waals surface area contributed by atoms with E-state index in [9.17, 15) is 26.8 Å². The van der Waals surface area contributed by atoms with Crippen LogP contribution in [-0.2, 0) is 10.0 Å². The van der Waals surface area contributed by atoms with Gasteiger partial charge in [-0.05, 0) is 35.9 Å². The molecule has 4 aromatic rings. The lowest BCUT2D eigenvalue weighted by atomic mass is 9.94. The van der Waals surface area contributed by atoms with Crippen LogP contribution in [0.5, 0.6) is 0 Å². The SMILES string of the molecule is O=c1[nH]c(=O)c2cc(S(=O)(=O)N3CC(Nc4ccc(F)c(F)c4)C(c4ccccc4)C3)ccc2[nH]1. The van der Waals surface area contributed by atoms with Crippen molar-refractivity contribution < 1.29 is 17.2 Å². The van der Waals surface area contributed by atoms with Crippen LogP contribution in [-0.4, -0.2) is 41.8 Å². The lowest BCUT2D eigenvalue weighted by Gasteiger charge is -2.21. The quantitative estimate of drug-likeness (QED) is 0.392. The minimum Gasteiger partial charge on any atom is -0.380 e. The molecule has 35 heavy (non-hydrogen) atoms. The minimum atomic E-state index is -4.02. The summed E-state index contributed by atoms with van der Waals surface area (Å²) in [6.07, 6.45) is 0. The van der Waals surface area contributed by atoms with Gasteiger partial charge in [-0.1, -0.05) is 30.3 Å². The fourth-order valence-electron chi connectivity index (χ4n) is 4.40. The van der Waals surface area contributed by atoms with Crippen molar-refractivity contribution in [2.45, 2.75) is 16.9 Å². The summed E-state index contributed by atoms with van der Waals surface area (Å²) in [6.45, 7) is 0.189. The van der Waals surface area contributed by atoms with Crippen LogP contribution in [0.3, 0.4) is 0 Å². The van der Waals surface area contributed by atoms with Gasteiger partial charge in [0.15, 0.2) is 11.6 Å². The first-order valence-electron chi connectivity index (χ1n) is 10.8. The van der Waals surface area contributed by atoms with Crippen molar-refractivity contribution in [2.24, 2.45) is 0 Å². The number of aromatic nitrogens is 2. The van der Waals surface area contributed by atoms with E-state index in [1.54, 1.807) is 0 Å². The molecule has 1 aromatic heterocycles. The Balaban J connectivity index is 1.50. The van der Waals surface area contributed by atoms with E-state index in [0.717, 1.165) is 17.7 Å². The second-order valence-electron chi connectivity index (χ2n) is 8.33. The van der Waals surface area contributed by atoms with E-state index in [4.69, 9.17) is 0 Å². The maximum atomic E-state index is 13.8. The number of hydrogen-bond donors (Lipinski definition) is 3. The molecule has 3 N–H and O–H groups in total. The lowest BCUT2D eigenvalue weighted by Crippen LogP contribution is -2.32. The van der Waals surface area contributed by atoms with Gasteiger partial charge in [0.05, 0.1) is 15.8 Å². The van der Waals surface area contributed by atoms with Crippen molar-refractivity contribution in [2.75, 3.05) is 18.4 Å². The molecule has 180 valence electrons. The van der Waals surface area contributed by atoms with Gasteiger partial charge in [0, 0.05) is 36.8 Å². The number of fused-ring (bicyclic) bond motifs is 1. The number of hydrogen-bond acceptors (Lipinski definition) is 5. The molecule has 8 nitrogen and oxygen atoms in total. The summed E-state index contributed by atoms with van der Waals surface area (Å²) >= 11 is 0. The molecule has 5 rings (SSSR count). The maximum absolute atomic E-state index is 13.8. The normalized spacial score (nSPS) is 18.7. The molecule has 2 unspecified atom stereocenters. The second kappa shape index (κ2) is 8.75. The van der Waals surface area contributed by atoms with Gasteiger partial charge in [0.25, 0.3) is 5.56 Å². The second-order valence-corrected chi connectivity index (χ2v) is 10.3. The van der Waals surface area contributed by atoms with E-state index in [-0.39, 0.29) is 34.8 Å². The highest BCUT2D eigenvalue weighted by Gasteiger charge is 2.40. The summed E-state index contributed by atoms with van der Waals surface area (Å²) in [5.41, 5.74) is 0.0593. The van der Waals surface area contributed by atoms with Crippen molar-refractivity contribution >= 4 is 26.6 Å². The molecule has 0 bridgehead atoms. The molecule has 0 aliphatic carbocycles. The molecule has 1 aliphatic rings. The molecule has 0 spiro atoms. The number of nitrogens with one attached hydrogen (secondary N) is 3. The van der Waals surface area contributed by atoms with Crippen LogP contribution < -0.4 is 16.6 Å². The monoisotopic (exact) mass is 498 g/mol. The Morgan fingerprint density at radius 1 is 0.886 bits per heavy atom. The van der Waals surface area contributed by atoms with Crippen LogP contribution in [0.25, 0.3) is 10.9 Å². The van der Waals surface area contributed by atoms with Crippen LogP contribution >= 0.6 is 0 Å². The maximum Gasteiger partial charge on any atom is 0.326 e. The standard InChI is InChI=1S/C24H20F2N4O4S/c25-19-8-6-15(10-20(19)26)27-22-13-30(12-18(22)14-4-2-1-3-5-14)35(33,34)16-7-9-21-17(11-16)23(31)29-24(32)28-21/h1-11,18,22,27H,12-13H2,(H2,28,29,31,32). The number of anilines is 1. The first-order chi connectivity index (χ1) is 16.7. The zero-order valence-electron chi connectivity index (χ0n) is 18.2. The number of aromatic amines is 2. The van der Waals surface area contributed by atoms with Crippen molar-refractivity contribution in [1.82, 2.24) is 14.3 Å². The zero-order valence-corrected chi connectivity index (χ0v) is 19.0. The zero-order chi connectivity index (χ0) is 24.7. The van der Waals surface area contributed by atoms with Crippen molar-refractivity contribution in [3.63, 3.8) is 0 Å². The Kier molecular flexibility index (Phi) is 5.73. The van der Waals surface area contributed by atoms with Crippen LogP contribution in [0.4, 0.5) is 14.5 Å². The summed E-state index contributed by atoms with van der Waals surface area (Å²) in [7, 11) is -4.02. The summed E-state index contributed by atoms with van der Waals surface area (Å²) in [5.74, 6) is -2.26. The number of rotatable bonds is 5. The summed E-state index contributed by atoms with van der Waals surface area (Å²) in [5, 5.41) is 3.19. The third-order valence-corrected chi connectivity index (χ3v) is 7.96. The van der Waals surface area contributed by atoms with E-state index in [0.29, 0.717) is 5.69 Å². The first-order valence-corrected chi connectivity index (χ1v) is 12.2. The summed E-state index contributed by atoms with van der Waals surface area (Å²) < 4.78 is 55.5. The molecule has 1 saturated heterocycles. The molecule has 0 saturated carbocycles. The number of H-pyrrole nitrogens is 2. The van der Waals surface area contributed by atoms with Crippen LogP contribution in [0.15, 0.2) is 81.2 Å². The smallest absolute Gasteiger partial charge is 0.326 e. The molecular formula is C24H20F2N4O4S. The summed E-state index contributed by atoms with van der Waals surface area (Å²) in [6, 6.07) is 16.2. The fourth-order valence-corrected chi connectivity index (χ4v) is 5.92. The third-order valence-electron chi connectivity index (χ3n) is 6.13. The molecule has 3 aromatic carbocycles. The molecule has 1 aliphatic heterocycles. The molecule has 11 heteroatoms. The van der Waals surface area contributed by atoms with Crippen molar-refractivity contribution in [3.8, 4) is 0 Å². The first kappa shape index (κ1) is 22.9. The predicted molar refractivity (Wildman–Crippen MR) is 127 cm³/mol. The van der Waals surface area contributed by atoms with Gasteiger partial charge in [-0.2, -0.15) is 4.31 Å². The van der Waals surface area contributed by atoms with Gasteiger partial charge >= 0.3 is 5.69 Å². The lowest BCUT2D eigenvalue weighted by molar-refractivity contribution is 0.471. The van der Waals surface area contributed by atoms with Crippen molar-refractivity contribution in [1.29, 1.82) is 0 Å². The van der Waals surface area contributed by atoms with Crippen molar-refractivity contribution in [3.05, 3.63) is 105 Å². The number of nitrogens with zero attached hydrogens (tertiary/aromatic N) is 1. The minimum absolute atomic E-state index is 0.0425. The van der Waals surface area contributed by atoms with E-state index in [1.807, 2.05) is 30.3 Å². The van der Waals surface area contributed by atoms with E-state index in [1.165, 1.54) is 28.6 Å². The third kappa shape index (κ3) is 4.35. The highest BCUT2D eigenvalue weighted by Crippen LogP contribution is 2.34. The van der Waals surface area contributed by atoms with E-state index >= 15 is 0 Å². The largest absolute Gasteiger partial charge is 0.380 e. The Morgan fingerprint density at radius 3 is 2.40 bits per heavy atom. The van der Waals surface area contributed by atoms with Gasteiger partial charge in [0.1, 0.15) is 0 Å². The average molecular weight is 499 g/mol. The van der Waals surface area contributed by atoms with Gasteiger partial charge in [-0.25, -0.2) is 22.0 Å². The van der Waals surface area contributed by atoms with Crippen LogP contribution in [0, 0.1) is 11.6 Å². The highest BCUT2D eigenvalue weighted by atomic mass is 32.2. The van der Waals surface area contributed by atoms with E-state index in [2.05, 4.69) is 15.3 Å². The number of sulfonamides is 1. The van der Waals surface area contributed by atoms with E-state index < -0.39 is 38.9 Å². The summed E-state index contributed by atoms with van der Waals surface area (Å²) in [4.78, 5) is 28.2. The molecular weight excluding hydrogens is 478 g/mol. The highest BCUT2D eigenvalue weighted by molar-refractivity contribution is 7.89. The fraction of sp³-hybridized carbons (Fsp3) is 0.167. The Hall–Kier alpha value is -3.83. The average Bonchev–Trinajstić information content (AvgIpc) is 3.26. The Labute approximate surface area is 198 Å². The number of halogens is 2. The molecule has 2 atom stereocenters. The molecule has 0 amide bonds. The van der Waals surface area contributed by atoms with Gasteiger partial charge < -0.3 is 10.3 Å². The topological polar surface area (TPSA) is 115 Å². The molecule has 1 fully saturated rings. The van der Waals surface area contributed by atoms with Crippen LogP contribution in [0.1, 0.15) is 11.5 Å². The Bertz CT molecular complexity index is 1640. The van der Waals surface area contributed by atoms with Crippen LogP contribution in [0.2, 0.25) is 0 Å². The van der Waals surface area contributed by atoms with Gasteiger partial charge in [0.2, 0.25) is 10.0 Å². The predicted octanol–water partition coefficient (Wildman–Crippen LogP) is 2.76. The van der Waals surface area contributed by atoms with Gasteiger partial charge in [-0.3, -0.25) is 9.78 Å². The molecule has 2 heterocycles. The molecule has 0 radical (unpaired) electrons.